The summed E-state index contributed by atoms with van der Waals surface area (Å²) in [4.78, 5) is 0.714. The summed E-state index contributed by atoms with van der Waals surface area (Å²) in [6.45, 7) is 4.01. The van der Waals surface area contributed by atoms with Crippen LogP contribution in [0.15, 0.2) is 48.5 Å². The largest absolute Gasteiger partial charge is 0.235 e. The van der Waals surface area contributed by atoms with E-state index < -0.39 is 0 Å². The second kappa shape index (κ2) is 6.50. The molecule has 0 aliphatic heterocycles. The van der Waals surface area contributed by atoms with Crippen LogP contribution in [0.4, 0.5) is 0 Å². The summed E-state index contributed by atoms with van der Waals surface area (Å²) >= 11 is 7.47. The third kappa shape index (κ3) is 2.78. The van der Waals surface area contributed by atoms with E-state index >= 15 is 0 Å². The first-order valence-corrected chi connectivity index (χ1v) is 9.77. The molecule has 5 aromatic rings. The number of aromatic nitrogens is 7. The molecule has 0 atom stereocenters. The van der Waals surface area contributed by atoms with Gasteiger partial charge in [-0.15, -0.1) is 15.3 Å². The van der Waals surface area contributed by atoms with Crippen molar-refractivity contribution in [2.24, 2.45) is 0 Å². The predicted octanol–water partition coefficient (Wildman–Crippen LogP) is 4.37. The van der Waals surface area contributed by atoms with Crippen LogP contribution >= 0.6 is 22.9 Å². The minimum atomic E-state index is 0.572. The Bertz CT molecular complexity index is 1280. The summed E-state index contributed by atoms with van der Waals surface area (Å²) in [5.41, 5.74) is 4.63. The highest BCUT2D eigenvalue weighted by atomic mass is 35.5. The van der Waals surface area contributed by atoms with Gasteiger partial charge in [0.25, 0.3) is 0 Å². The number of fused-ring (bicyclic) bond motifs is 1. The van der Waals surface area contributed by atoms with Crippen molar-refractivity contribution in [3.05, 3.63) is 64.8 Å². The molecule has 0 aliphatic carbocycles. The molecule has 0 bridgehead atoms. The second-order valence-corrected chi connectivity index (χ2v) is 7.80. The summed E-state index contributed by atoms with van der Waals surface area (Å²) in [6, 6.07) is 15.7. The molecule has 9 heteroatoms. The minimum absolute atomic E-state index is 0.572. The Morgan fingerprint density at radius 2 is 1.64 bits per heavy atom. The number of halogens is 1. The van der Waals surface area contributed by atoms with Crippen LogP contribution in [0.5, 0.6) is 0 Å². The minimum Gasteiger partial charge on any atom is -0.217 e. The number of aryl methyl sites for hydroxylation is 1. The van der Waals surface area contributed by atoms with E-state index in [1.165, 1.54) is 16.9 Å². The third-order valence-electron chi connectivity index (χ3n) is 4.47. The number of hydrogen-bond acceptors (Lipinski definition) is 6. The standard InChI is InChI=1S/C19H14ClN7S/c1-11-3-5-13(6-4-11)18-24-27-17(22-23-19(27)28-18)16-12(2)26(25-21-16)15-9-7-14(20)8-10-15/h3-10H,1-2H3. The van der Waals surface area contributed by atoms with Gasteiger partial charge in [0.1, 0.15) is 5.01 Å². The van der Waals surface area contributed by atoms with E-state index in [9.17, 15) is 0 Å². The fourth-order valence-corrected chi connectivity index (χ4v) is 3.91. The Kier molecular flexibility index (Phi) is 3.96. The molecule has 0 aliphatic rings. The van der Waals surface area contributed by atoms with Crippen molar-refractivity contribution in [3.63, 3.8) is 0 Å². The molecule has 0 saturated heterocycles. The first-order chi connectivity index (χ1) is 13.6. The highest BCUT2D eigenvalue weighted by Gasteiger charge is 2.20. The molecule has 0 saturated carbocycles. The fourth-order valence-electron chi connectivity index (χ4n) is 2.94. The van der Waals surface area contributed by atoms with E-state index in [1.54, 1.807) is 9.20 Å². The zero-order chi connectivity index (χ0) is 19.3. The van der Waals surface area contributed by atoms with Gasteiger partial charge in [-0.25, -0.2) is 4.68 Å². The molecule has 0 radical (unpaired) electrons. The number of rotatable bonds is 3. The first kappa shape index (κ1) is 17.0. The van der Waals surface area contributed by atoms with Crippen molar-refractivity contribution in [1.29, 1.82) is 0 Å². The second-order valence-electron chi connectivity index (χ2n) is 6.40. The van der Waals surface area contributed by atoms with Gasteiger partial charge in [0, 0.05) is 10.6 Å². The number of nitrogens with zero attached hydrogens (tertiary/aromatic N) is 7. The van der Waals surface area contributed by atoms with E-state index in [0.29, 0.717) is 21.5 Å². The highest BCUT2D eigenvalue weighted by molar-refractivity contribution is 7.19. The summed E-state index contributed by atoms with van der Waals surface area (Å²) in [5, 5.41) is 23.4. The summed E-state index contributed by atoms with van der Waals surface area (Å²) in [6.07, 6.45) is 0. The Balaban J connectivity index is 1.58. The summed E-state index contributed by atoms with van der Waals surface area (Å²) < 4.78 is 3.48. The Hall–Kier alpha value is -3.10. The maximum atomic E-state index is 5.98. The van der Waals surface area contributed by atoms with E-state index in [1.807, 2.05) is 31.2 Å². The van der Waals surface area contributed by atoms with Crippen LogP contribution < -0.4 is 0 Å². The number of hydrogen-bond donors (Lipinski definition) is 0. The molecule has 0 unspecified atom stereocenters. The van der Waals surface area contributed by atoms with Gasteiger partial charge in [0.05, 0.1) is 11.4 Å². The van der Waals surface area contributed by atoms with Crippen LogP contribution in [-0.2, 0) is 0 Å². The van der Waals surface area contributed by atoms with Crippen molar-refractivity contribution in [2.45, 2.75) is 13.8 Å². The molecule has 5 rings (SSSR count). The smallest absolute Gasteiger partial charge is 0.217 e. The lowest BCUT2D eigenvalue weighted by atomic mass is 10.2. The average molecular weight is 408 g/mol. The van der Waals surface area contributed by atoms with Crippen molar-refractivity contribution in [3.8, 4) is 27.8 Å². The van der Waals surface area contributed by atoms with E-state index in [4.69, 9.17) is 16.7 Å². The maximum absolute atomic E-state index is 5.98. The van der Waals surface area contributed by atoms with Crippen LogP contribution in [0.3, 0.4) is 0 Å². The van der Waals surface area contributed by atoms with Crippen LogP contribution in [0.25, 0.3) is 32.7 Å². The van der Waals surface area contributed by atoms with Gasteiger partial charge in [0.15, 0.2) is 5.69 Å². The molecule has 0 N–H and O–H groups in total. The summed E-state index contributed by atoms with van der Waals surface area (Å²) in [5.74, 6) is 0.572. The van der Waals surface area contributed by atoms with Gasteiger partial charge in [-0.1, -0.05) is 58.0 Å². The molecular formula is C19H14ClN7S. The Labute approximate surface area is 169 Å². The fraction of sp³-hybridized carbons (Fsp3) is 0.105. The zero-order valence-electron chi connectivity index (χ0n) is 15.0. The first-order valence-electron chi connectivity index (χ1n) is 8.58. The molecular weight excluding hydrogens is 394 g/mol. The van der Waals surface area contributed by atoms with Crippen molar-refractivity contribution in [2.75, 3.05) is 0 Å². The summed E-state index contributed by atoms with van der Waals surface area (Å²) in [7, 11) is 0. The van der Waals surface area contributed by atoms with Gasteiger partial charge in [-0.2, -0.15) is 9.61 Å². The lowest BCUT2D eigenvalue weighted by molar-refractivity contribution is 0.785. The van der Waals surface area contributed by atoms with Crippen LogP contribution in [0, 0.1) is 13.8 Å². The molecule has 138 valence electrons. The highest BCUT2D eigenvalue weighted by Crippen LogP contribution is 2.29. The molecule has 0 spiro atoms. The molecule has 7 nitrogen and oxygen atoms in total. The molecule has 0 fully saturated rings. The quantitative estimate of drug-likeness (QED) is 0.444. The maximum Gasteiger partial charge on any atom is 0.235 e. The Morgan fingerprint density at radius 3 is 2.39 bits per heavy atom. The van der Waals surface area contributed by atoms with Gasteiger partial charge in [-0.05, 0) is 38.1 Å². The van der Waals surface area contributed by atoms with Gasteiger partial charge in [-0.3, -0.25) is 0 Å². The topological polar surface area (TPSA) is 73.8 Å². The monoisotopic (exact) mass is 407 g/mol. The predicted molar refractivity (Wildman–Crippen MR) is 109 cm³/mol. The normalized spacial score (nSPS) is 11.4. The Morgan fingerprint density at radius 1 is 0.893 bits per heavy atom. The van der Waals surface area contributed by atoms with E-state index in [2.05, 4.69) is 51.7 Å². The number of benzene rings is 2. The van der Waals surface area contributed by atoms with Crippen molar-refractivity contribution in [1.82, 2.24) is 34.8 Å². The molecule has 0 amide bonds. The van der Waals surface area contributed by atoms with Gasteiger partial charge >= 0.3 is 0 Å². The van der Waals surface area contributed by atoms with Crippen molar-refractivity contribution < 1.29 is 0 Å². The van der Waals surface area contributed by atoms with E-state index in [-0.39, 0.29) is 0 Å². The molecule has 3 heterocycles. The van der Waals surface area contributed by atoms with Gasteiger partial charge < -0.3 is 0 Å². The zero-order valence-corrected chi connectivity index (χ0v) is 16.6. The van der Waals surface area contributed by atoms with E-state index in [0.717, 1.165) is 22.0 Å². The molecule has 2 aromatic carbocycles. The molecule has 3 aromatic heterocycles. The van der Waals surface area contributed by atoms with Crippen LogP contribution in [0.2, 0.25) is 5.02 Å². The lowest BCUT2D eigenvalue weighted by Crippen LogP contribution is -1.99. The van der Waals surface area contributed by atoms with Crippen molar-refractivity contribution >= 4 is 27.9 Å². The molecule has 28 heavy (non-hydrogen) atoms. The lowest BCUT2D eigenvalue weighted by Gasteiger charge is -2.03. The van der Waals surface area contributed by atoms with Crippen LogP contribution in [0.1, 0.15) is 11.3 Å². The SMILES string of the molecule is Cc1ccc(-c2nn3c(-c4nnn(-c5ccc(Cl)cc5)c4C)nnc3s2)cc1. The average Bonchev–Trinajstić information content (AvgIpc) is 3.38. The van der Waals surface area contributed by atoms with Crippen LogP contribution in [-0.4, -0.2) is 34.8 Å². The third-order valence-corrected chi connectivity index (χ3v) is 5.67. The van der Waals surface area contributed by atoms with Gasteiger partial charge in [0.2, 0.25) is 10.8 Å².